The molecule has 1 N–H and O–H groups in total. The molecule has 1 heterocycles. The highest BCUT2D eigenvalue weighted by molar-refractivity contribution is 6.43. The molecule has 2 fully saturated rings. The van der Waals surface area contributed by atoms with Crippen molar-refractivity contribution < 1.29 is 4.79 Å². The van der Waals surface area contributed by atoms with Crippen molar-refractivity contribution in [3.8, 4) is 11.1 Å². The van der Waals surface area contributed by atoms with Crippen LogP contribution in [0.25, 0.3) is 11.1 Å². The number of nitrogens with zero attached hydrogens (tertiary/aromatic N) is 1. The number of carbonyl (C=O) groups excluding carboxylic acids is 1. The van der Waals surface area contributed by atoms with Gasteiger partial charge in [-0.15, -0.1) is 0 Å². The van der Waals surface area contributed by atoms with Gasteiger partial charge >= 0.3 is 0 Å². The Balaban J connectivity index is 1.67. The van der Waals surface area contributed by atoms with Crippen LogP contribution in [-0.2, 0) is 11.3 Å². The van der Waals surface area contributed by atoms with Gasteiger partial charge in [0.1, 0.15) is 0 Å². The Morgan fingerprint density at radius 2 is 1.81 bits per heavy atom. The van der Waals surface area contributed by atoms with Crippen LogP contribution in [-0.4, -0.2) is 29.9 Å². The molecule has 1 aliphatic heterocycles. The number of halogens is 2. The van der Waals surface area contributed by atoms with E-state index in [9.17, 15) is 4.79 Å². The molecule has 5 heteroatoms. The van der Waals surface area contributed by atoms with Gasteiger partial charge in [-0.05, 0) is 43.0 Å². The van der Waals surface area contributed by atoms with Crippen LogP contribution in [0, 0.1) is 5.92 Å². The highest BCUT2D eigenvalue weighted by atomic mass is 35.5. The number of hydrogen-bond donors (Lipinski definition) is 1. The SMILES string of the molecule is O=C(C1CCC1)N(Cc1ccccc1-c1cccc(Cl)c1Cl)[C@H]1CCNC1. The summed E-state index contributed by atoms with van der Waals surface area (Å²) < 4.78 is 0. The predicted octanol–water partition coefficient (Wildman–Crippen LogP) is 5.15. The lowest BCUT2D eigenvalue weighted by molar-refractivity contribution is -0.141. The van der Waals surface area contributed by atoms with Gasteiger partial charge in [-0.2, -0.15) is 0 Å². The molecule has 1 saturated heterocycles. The zero-order valence-electron chi connectivity index (χ0n) is 15.3. The molecule has 0 spiro atoms. The minimum Gasteiger partial charge on any atom is -0.334 e. The summed E-state index contributed by atoms with van der Waals surface area (Å²) in [6.45, 7) is 2.46. The largest absolute Gasteiger partial charge is 0.334 e. The molecular formula is C22H24Cl2N2O. The lowest BCUT2D eigenvalue weighted by Gasteiger charge is -2.35. The molecule has 0 radical (unpaired) electrons. The van der Waals surface area contributed by atoms with E-state index in [2.05, 4.69) is 22.3 Å². The third-order valence-corrected chi connectivity index (χ3v) is 6.63. The summed E-state index contributed by atoms with van der Waals surface area (Å²) in [5.74, 6) is 0.509. The van der Waals surface area contributed by atoms with Crippen LogP contribution in [0.5, 0.6) is 0 Å². The molecule has 27 heavy (non-hydrogen) atoms. The highest BCUT2D eigenvalue weighted by Gasteiger charge is 2.34. The molecular weight excluding hydrogens is 379 g/mol. The molecule has 0 aromatic heterocycles. The second-order valence-corrected chi connectivity index (χ2v) is 8.28. The quantitative estimate of drug-likeness (QED) is 0.749. The van der Waals surface area contributed by atoms with Crippen molar-refractivity contribution in [3.63, 3.8) is 0 Å². The van der Waals surface area contributed by atoms with Gasteiger partial charge in [0, 0.05) is 30.6 Å². The third-order valence-electron chi connectivity index (χ3n) is 5.81. The van der Waals surface area contributed by atoms with Crippen LogP contribution in [0.1, 0.15) is 31.2 Å². The third kappa shape index (κ3) is 3.87. The molecule has 1 atom stereocenters. The van der Waals surface area contributed by atoms with E-state index in [0.29, 0.717) is 22.5 Å². The molecule has 0 unspecified atom stereocenters. The van der Waals surface area contributed by atoms with Crippen molar-refractivity contribution >= 4 is 29.1 Å². The molecule has 0 bridgehead atoms. The van der Waals surface area contributed by atoms with Crippen LogP contribution in [0.2, 0.25) is 10.0 Å². The van der Waals surface area contributed by atoms with Crippen molar-refractivity contribution in [3.05, 3.63) is 58.1 Å². The molecule has 3 nitrogen and oxygen atoms in total. The maximum atomic E-state index is 13.1. The van der Waals surface area contributed by atoms with E-state index in [1.54, 1.807) is 6.07 Å². The summed E-state index contributed by atoms with van der Waals surface area (Å²) in [6.07, 6.45) is 4.23. The molecule has 2 aromatic carbocycles. The van der Waals surface area contributed by atoms with Crippen LogP contribution in [0.4, 0.5) is 0 Å². The molecule has 1 saturated carbocycles. The average molecular weight is 403 g/mol. The number of amides is 1. The lowest BCUT2D eigenvalue weighted by atomic mass is 9.84. The normalized spacial score (nSPS) is 19.7. The summed E-state index contributed by atoms with van der Waals surface area (Å²) in [4.78, 5) is 15.2. The molecule has 4 rings (SSSR count). The fourth-order valence-corrected chi connectivity index (χ4v) is 4.40. The fraction of sp³-hybridized carbons (Fsp3) is 0.409. The standard InChI is InChI=1S/C22H24Cl2N2O/c23-20-10-4-9-19(21(20)24)18-8-2-1-5-16(18)14-26(17-11-12-25-13-17)22(27)15-6-3-7-15/h1-2,4-5,8-10,15,17,25H,3,6-7,11-14H2/t17-/m0/s1. The first-order valence-electron chi connectivity index (χ1n) is 9.68. The molecule has 2 aliphatic rings. The van der Waals surface area contributed by atoms with Crippen molar-refractivity contribution in [2.75, 3.05) is 13.1 Å². The van der Waals surface area contributed by atoms with Gasteiger partial charge in [-0.1, -0.05) is 66.0 Å². The first-order valence-corrected chi connectivity index (χ1v) is 10.4. The Bertz CT molecular complexity index is 829. The van der Waals surface area contributed by atoms with Crippen LogP contribution in [0.3, 0.4) is 0 Å². The van der Waals surface area contributed by atoms with Gasteiger partial charge < -0.3 is 10.2 Å². The first kappa shape index (κ1) is 18.8. The van der Waals surface area contributed by atoms with Crippen molar-refractivity contribution in [2.24, 2.45) is 5.92 Å². The summed E-state index contributed by atoms with van der Waals surface area (Å²) in [6, 6.07) is 14.2. The van der Waals surface area contributed by atoms with Gasteiger partial charge in [-0.3, -0.25) is 4.79 Å². The van der Waals surface area contributed by atoms with Crippen molar-refractivity contribution in [1.82, 2.24) is 10.2 Å². The Hall–Kier alpha value is -1.55. The fourth-order valence-electron chi connectivity index (χ4n) is 4.00. The lowest BCUT2D eigenvalue weighted by Crippen LogP contribution is -2.45. The predicted molar refractivity (Wildman–Crippen MR) is 111 cm³/mol. The van der Waals surface area contributed by atoms with E-state index in [1.807, 2.05) is 24.3 Å². The van der Waals surface area contributed by atoms with E-state index >= 15 is 0 Å². The maximum absolute atomic E-state index is 13.1. The zero-order chi connectivity index (χ0) is 18.8. The van der Waals surface area contributed by atoms with Gasteiger partial charge in [0.05, 0.1) is 10.0 Å². The monoisotopic (exact) mass is 402 g/mol. The van der Waals surface area contributed by atoms with Crippen molar-refractivity contribution in [2.45, 2.75) is 38.3 Å². The van der Waals surface area contributed by atoms with Gasteiger partial charge in [-0.25, -0.2) is 0 Å². The highest BCUT2D eigenvalue weighted by Crippen LogP contribution is 2.36. The van der Waals surface area contributed by atoms with E-state index in [0.717, 1.165) is 49.0 Å². The van der Waals surface area contributed by atoms with Crippen molar-refractivity contribution in [1.29, 1.82) is 0 Å². The maximum Gasteiger partial charge on any atom is 0.226 e. The zero-order valence-corrected chi connectivity index (χ0v) is 16.8. The minimum atomic E-state index is 0.201. The Morgan fingerprint density at radius 1 is 1.04 bits per heavy atom. The molecule has 1 aliphatic carbocycles. The topological polar surface area (TPSA) is 32.3 Å². The Morgan fingerprint density at radius 3 is 2.52 bits per heavy atom. The first-order chi connectivity index (χ1) is 13.1. The van der Waals surface area contributed by atoms with Crippen LogP contribution >= 0.6 is 23.2 Å². The Labute approximate surface area is 170 Å². The van der Waals surface area contributed by atoms with Gasteiger partial charge in [0.25, 0.3) is 0 Å². The number of nitrogens with one attached hydrogen (secondary N) is 1. The van der Waals surface area contributed by atoms with Crippen LogP contribution < -0.4 is 5.32 Å². The summed E-state index contributed by atoms with van der Waals surface area (Å²) in [5.41, 5.74) is 3.07. The number of rotatable bonds is 5. The van der Waals surface area contributed by atoms with E-state index < -0.39 is 0 Å². The smallest absolute Gasteiger partial charge is 0.226 e. The molecule has 2 aromatic rings. The van der Waals surface area contributed by atoms with E-state index in [4.69, 9.17) is 23.2 Å². The average Bonchev–Trinajstić information content (AvgIpc) is 3.15. The summed E-state index contributed by atoms with van der Waals surface area (Å²) in [7, 11) is 0. The van der Waals surface area contributed by atoms with Crippen LogP contribution in [0.15, 0.2) is 42.5 Å². The van der Waals surface area contributed by atoms with Gasteiger partial charge in [0.2, 0.25) is 5.91 Å². The van der Waals surface area contributed by atoms with E-state index in [1.165, 1.54) is 6.42 Å². The summed E-state index contributed by atoms with van der Waals surface area (Å²) >= 11 is 12.7. The molecule has 142 valence electrons. The summed E-state index contributed by atoms with van der Waals surface area (Å²) in [5, 5.41) is 4.51. The Kier molecular flexibility index (Phi) is 5.72. The second-order valence-electron chi connectivity index (χ2n) is 7.50. The number of hydrogen-bond acceptors (Lipinski definition) is 2. The minimum absolute atomic E-state index is 0.201. The van der Waals surface area contributed by atoms with Gasteiger partial charge in [0.15, 0.2) is 0 Å². The molecule has 1 amide bonds. The number of benzene rings is 2. The number of carbonyl (C=O) groups is 1. The van der Waals surface area contributed by atoms with E-state index in [-0.39, 0.29) is 12.0 Å². The second kappa shape index (κ2) is 8.22.